The summed E-state index contributed by atoms with van der Waals surface area (Å²) in [4.78, 5) is 27.7. The molecule has 0 aliphatic rings. The van der Waals surface area contributed by atoms with E-state index >= 15 is 0 Å². The fourth-order valence-electron chi connectivity index (χ4n) is 11.4. The fourth-order valence-corrected chi connectivity index (χ4v) is 11.4. The van der Waals surface area contributed by atoms with Crippen LogP contribution in [-0.2, 0) is 0 Å². The molecular formula is C49H45B15N6O. The number of hydrogen-bond acceptors (Lipinski definition) is 6. The first kappa shape index (κ1) is 46.6. The lowest BCUT2D eigenvalue weighted by atomic mass is 9.60. The number of furan rings is 1. The summed E-state index contributed by atoms with van der Waals surface area (Å²) in [5.41, 5.74) is 29.4. The Bertz CT molecular complexity index is 3930. The van der Waals surface area contributed by atoms with E-state index < -0.39 is 0 Å². The quantitative estimate of drug-likeness (QED) is 0.155. The zero-order chi connectivity index (χ0) is 50.1. The summed E-state index contributed by atoms with van der Waals surface area (Å²) in [5, 5.41) is 3.28. The number of nitrogens with zero attached hydrogens (tertiary/aromatic N) is 6. The minimum atomic E-state index is 0.579. The number of para-hydroxylation sites is 3. The number of rotatable bonds is 6. The Labute approximate surface area is 428 Å². The van der Waals surface area contributed by atoms with E-state index in [-0.39, 0.29) is 0 Å². The average molecular weight is 896 g/mol. The van der Waals surface area contributed by atoms with Gasteiger partial charge in [0.2, 0.25) is 0 Å². The predicted octanol–water partition coefficient (Wildman–Crippen LogP) is -14.1. The number of aromatic nitrogens is 6. The van der Waals surface area contributed by atoms with Crippen molar-refractivity contribution in [3.8, 4) is 62.5 Å². The van der Waals surface area contributed by atoms with Gasteiger partial charge in [0.1, 0.15) is 134 Å². The van der Waals surface area contributed by atoms with Crippen molar-refractivity contribution in [2.75, 3.05) is 0 Å². The Hall–Kier alpha value is -6.80. The summed E-state index contributed by atoms with van der Waals surface area (Å²) in [6.07, 6.45) is 0. The fraction of sp³-hybridized carbons (Fsp3) is 0. The summed E-state index contributed by atoms with van der Waals surface area (Å²) in [6, 6.07) is 32.0. The van der Waals surface area contributed by atoms with E-state index in [1.807, 2.05) is 12.1 Å². The molecule has 11 rings (SSSR count). The summed E-state index contributed by atoms with van der Waals surface area (Å²) in [6.45, 7) is 0. The monoisotopic (exact) mass is 899 g/mol. The van der Waals surface area contributed by atoms with Crippen molar-refractivity contribution < 1.29 is 4.42 Å². The molecule has 0 fully saturated rings. The molecule has 0 spiro atoms. The molecule has 0 N–H and O–H groups in total. The number of hydrogen-bond donors (Lipinski definition) is 0. The van der Waals surface area contributed by atoms with Crippen molar-refractivity contribution in [3.05, 3.63) is 91.0 Å². The molecule has 0 aliphatic carbocycles. The van der Waals surface area contributed by atoms with E-state index in [1.165, 1.54) is 92.7 Å². The molecule has 7 aromatic carbocycles. The summed E-state index contributed by atoms with van der Waals surface area (Å²) < 4.78 is 9.16. The predicted molar refractivity (Wildman–Crippen MR) is 347 cm³/mol. The van der Waals surface area contributed by atoms with Crippen molar-refractivity contribution in [1.82, 2.24) is 29.5 Å². The summed E-state index contributed by atoms with van der Waals surface area (Å²) in [7, 11) is 33.1. The summed E-state index contributed by atoms with van der Waals surface area (Å²) >= 11 is 0. The third-order valence-corrected chi connectivity index (χ3v) is 16.9. The van der Waals surface area contributed by atoms with Gasteiger partial charge in [-0.3, -0.25) is 0 Å². The lowest BCUT2D eigenvalue weighted by Gasteiger charge is -2.22. The molecule has 0 radical (unpaired) electrons. The molecule has 0 aliphatic heterocycles. The zero-order valence-electron chi connectivity index (χ0n) is 43.8. The standard InChI is InChI=1S/C49H45B15N6O/c50-28-25(29(51)35(57)40(62)34(28)56)44-45-43(19-9-3-6-12-24(19)71-45)65-47(66-44)20-15-16(13-14-23(20)70-21-10-4-1-7-17(21)18-8-2-5-11-22(18)70)46-67-48(26-30(52)36(58)41(63)37(59)31(26)53)69-49(68-46)27-32(54)38(60)42(64)39(61)33(27)55/h1-15H,50-64H2. The Morgan fingerprint density at radius 1 is 0.352 bits per heavy atom. The van der Waals surface area contributed by atoms with E-state index in [1.54, 1.807) is 0 Å². The molecular weight excluding hydrogens is 851 g/mol. The Balaban J connectivity index is 1.28. The van der Waals surface area contributed by atoms with Gasteiger partial charge in [-0.1, -0.05) is 81.3 Å². The van der Waals surface area contributed by atoms with Gasteiger partial charge in [0.15, 0.2) is 28.9 Å². The average Bonchev–Trinajstić information content (AvgIpc) is 3.93. The van der Waals surface area contributed by atoms with Crippen LogP contribution in [0.15, 0.2) is 95.4 Å². The molecule has 22 heteroatoms. The summed E-state index contributed by atoms with van der Waals surface area (Å²) in [5.74, 6) is 2.48. The number of benzene rings is 7. The highest BCUT2D eigenvalue weighted by molar-refractivity contribution is 6.71. The van der Waals surface area contributed by atoms with Crippen LogP contribution in [-0.4, -0.2) is 147 Å². The first-order valence-corrected chi connectivity index (χ1v) is 24.8. The van der Waals surface area contributed by atoms with Crippen molar-refractivity contribution in [2.24, 2.45) is 0 Å². The van der Waals surface area contributed by atoms with E-state index in [0.717, 1.165) is 66.7 Å². The minimum Gasteiger partial charge on any atom is -0.452 e. The molecule has 7 nitrogen and oxygen atoms in total. The van der Waals surface area contributed by atoms with Crippen molar-refractivity contribution in [3.63, 3.8) is 0 Å². The Morgan fingerprint density at radius 3 is 1.25 bits per heavy atom. The van der Waals surface area contributed by atoms with Gasteiger partial charge in [0, 0.05) is 38.4 Å². The molecule has 11 aromatic rings. The second-order valence-electron chi connectivity index (χ2n) is 20.1. The minimum absolute atomic E-state index is 0.579. The van der Waals surface area contributed by atoms with Gasteiger partial charge in [0.05, 0.1) is 16.7 Å². The van der Waals surface area contributed by atoms with Gasteiger partial charge < -0.3 is 8.98 Å². The van der Waals surface area contributed by atoms with Gasteiger partial charge in [-0.15, -0.1) is 49.2 Å². The van der Waals surface area contributed by atoms with Gasteiger partial charge >= 0.3 is 0 Å². The third-order valence-electron chi connectivity index (χ3n) is 16.9. The van der Waals surface area contributed by atoms with Crippen LogP contribution in [0.2, 0.25) is 0 Å². The maximum Gasteiger partial charge on any atom is 0.180 e. The maximum absolute atomic E-state index is 6.80. The highest BCUT2D eigenvalue weighted by Gasteiger charge is 2.27. The lowest BCUT2D eigenvalue weighted by Crippen LogP contribution is -2.55. The zero-order valence-corrected chi connectivity index (χ0v) is 43.8. The SMILES string of the molecule is Bc1c(B)c(B)c(-c2nc(-c3ccc(-n4c5ccccc5c5ccccc54)c(-c4nc(-c5c(B)c(B)c(B)c(B)c5B)c5oc6ccccc6c5n4)c3)nc(-c3c(B)c(B)c(B)c(B)c3B)n2)c(B)c1B. The molecule has 0 bridgehead atoms. The first-order valence-electron chi connectivity index (χ1n) is 24.8. The highest BCUT2D eigenvalue weighted by Crippen LogP contribution is 2.40. The van der Waals surface area contributed by atoms with Crippen LogP contribution >= 0.6 is 0 Å². The second-order valence-corrected chi connectivity index (χ2v) is 20.1. The maximum atomic E-state index is 6.80. The van der Waals surface area contributed by atoms with Gasteiger partial charge in [-0.25, -0.2) is 24.9 Å². The van der Waals surface area contributed by atoms with Crippen LogP contribution in [0.4, 0.5) is 0 Å². The van der Waals surface area contributed by atoms with E-state index in [9.17, 15) is 0 Å². The van der Waals surface area contributed by atoms with Gasteiger partial charge in [0.25, 0.3) is 0 Å². The molecule has 0 saturated heterocycles. The van der Waals surface area contributed by atoms with E-state index in [2.05, 4.69) is 201 Å². The van der Waals surface area contributed by atoms with Crippen LogP contribution in [0.3, 0.4) is 0 Å². The van der Waals surface area contributed by atoms with E-state index in [4.69, 9.17) is 29.3 Å². The topological polar surface area (TPSA) is 82.5 Å². The normalized spacial score (nSPS) is 11.7. The molecule has 0 unspecified atom stereocenters. The van der Waals surface area contributed by atoms with Crippen LogP contribution < -0.4 is 81.9 Å². The Kier molecular flexibility index (Phi) is 11.3. The van der Waals surface area contributed by atoms with Crippen LogP contribution in [0, 0.1) is 0 Å². The highest BCUT2D eigenvalue weighted by atomic mass is 16.3. The first-order chi connectivity index (χ1) is 34.0. The molecule has 4 heterocycles. The van der Waals surface area contributed by atoms with E-state index in [0.29, 0.717) is 28.9 Å². The van der Waals surface area contributed by atoms with Crippen molar-refractivity contribution >= 4 is 244 Å². The largest absolute Gasteiger partial charge is 0.452 e. The van der Waals surface area contributed by atoms with Gasteiger partial charge in [-0.2, -0.15) is 0 Å². The van der Waals surface area contributed by atoms with Crippen molar-refractivity contribution in [2.45, 2.75) is 0 Å². The van der Waals surface area contributed by atoms with Crippen LogP contribution in [0.1, 0.15) is 0 Å². The van der Waals surface area contributed by atoms with Crippen LogP contribution in [0.25, 0.3) is 106 Å². The third kappa shape index (κ3) is 7.05. The second kappa shape index (κ2) is 17.2. The molecule has 0 saturated carbocycles. The molecule has 322 valence electrons. The lowest BCUT2D eigenvalue weighted by molar-refractivity contribution is 0.667. The van der Waals surface area contributed by atoms with Crippen molar-refractivity contribution in [1.29, 1.82) is 0 Å². The number of fused-ring (bicyclic) bond motifs is 6. The van der Waals surface area contributed by atoms with Crippen LogP contribution in [0.5, 0.6) is 0 Å². The smallest absolute Gasteiger partial charge is 0.180 e. The molecule has 0 amide bonds. The molecule has 71 heavy (non-hydrogen) atoms. The molecule has 0 atom stereocenters. The Morgan fingerprint density at radius 2 is 0.761 bits per heavy atom. The molecule has 4 aromatic heterocycles. The van der Waals surface area contributed by atoms with Gasteiger partial charge in [-0.05, 0) is 48.0 Å².